The Balaban J connectivity index is 1.81. The average molecular weight is 364 g/mol. The van der Waals surface area contributed by atoms with Crippen molar-refractivity contribution in [2.75, 3.05) is 11.9 Å². The van der Waals surface area contributed by atoms with Crippen molar-refractivity contribution in [2.45, 2.75) is 57.3 Å². The molecule has 0 spiro atoms. The number of anilines is 1. The molecule has 0 bridgehead atoms. The van der Waals surface area contributed by atoms with E-state index in [1.807, 2.05) is 22.9 Å². The molecule has 1 aliphatic carbocycles. The number of nitrogens with one attached hydrogen (secondary N) is 1. The first-order valence-corrected chi connectivity index (χ1v) is 9.81. The summed E-state index contributed by atoms with van der Waals surface area (Å²) in [5.41, 5.74) is 3.72. The van der Waals surface area contributed by atoms with Crippen LogP contribution in [0.1, 0.15) is 62.1 Å². The second kappa shape index (κ2) is 6.97. The lowest BCUT2D eigenvalue weighted by Gasteiger charge is -2.20. The van der Waals surface area contributed by atoms with Crippen LogP contribution in [0.25, 0.3) is 5.69 Å². The molecule has 2 aliphatic rings. The van der Waals surface area contributed by atoms with Crippen molar-refractivity contribution in [2.24, 2.45) is 0 Å². The van der Waals surface area contributed by atoms with E-state index >= 15 is 0 Å². The van der Waals surface area contributed by atoms with Crippen molar-refractivity contribution in [3.63, 3.8) is 0 Å². The van der Waals surface area contributed by atoms with Crippen LogP contribution in [0.15, 0.2) is 18.2 Å². The summed E-state index contributed by atoms with van der Waals surface area (Å²) in [7, 11) is 0. The third-order valence-electron chi connectivity index (χ3n) is 5.30. The minimum Gasteiger partial charge on any atom is -0.370 e. The second-order valence-electron chi connectivity index (χ2n) is 6.94. The fourth-order valence-corrected chi connectivity index (χ4v) is 4.33. The predicted octanol–water partition coefficient (Wildman–Crippen LogP) is 5.98. The van der Waals surface area contributed by atoms with Crippen molar-refractivity contribution in [1.29, 1.82) is 0 Å². The van der Waals surface area contributed by atoms with E-state index in [0.717, 1.165) is 24.5 Å². The summed E-state index contributed by atoms with van der Waals surface area (Å²) in [4.78, 5) is 0. The van der Waals surface area contributed by atoms with Gasteiger partial charge in [0.15, 0.2) is 0 Å². The standard InChI is InChI=1S/C19H23Cl2N3/c20-16-10-9-14(12-17(16)21)24-19-15(8-4-5-11-22-19)18(23-24)13-6-2-1-3-7-13/h9-10,12-13,22H,1-8,11H2. The van der Waals surface area contributed by atoms with Crippen molar-refractivity contribution in [3.05, 3.63) is 39.5 Å². The molecule has 1 aromatic heterocycles. The maximum atomic E-state index is 6.24. The molecule has 0 atom stereocenters. The monoisotopic (exact) mass is 363 g/mol. The first kappa shape index (κ1) is 16.3. The van der Waals surface area contributed by atoms with Gasteiger partial charge >= 0.3 is 0 Å². The van der Waals surface area contributed by atoms with Crippen LogP contribution in [0, 0.1) is 0 Å². The minimum absolute atomic E-state index is 0.575. The zero-order chi connectivity index (χ0) is 16.5. The zero-order valence-corrected chi connectivity index (χ0v) is 15.3. The van der Waals surface area contributed by atoms with Gasteiger partial charge in [-0.2, -0.15) is 5.10 Å². The van der Waals surface area contributed by atoms with Crippen LogP contribution in [0.3, 0.4) is 0 Å². The quantitative estimate of drug-likeness (QED) is 0.711. The summed E-state index contributed by atoms with van der Waals surface area (Å²) in [6.45, 7) is 1.00. The van der Waals surface area contributed by atoms with E-state index in [0.29, 0.717) is 16.0 Å². The summed E-state index contributed by atoms with van der Waals surface area (Å²) >= 11 is 12.3. The largest absolute Gasteiger partial charge is 0.370 e. The Morgan fingerprint density at radius 3 is 2.62 bits per heavy atom. The molecule has 5 heteroatoms. The molecule has 0 amide bonds. The van der Waals surface area contributed by atoms with Crippen molar-refractivity contribution < 1.29 is 0 Å². The summed E-state index contributed by atoms with van der Waals surface area (Å²) in [5.74, 6) is 1.77. The predicted molar refractivity (Wildman–Crippen MR) is 101 cm³/mol. The van der Waals surface area contributed by atoms with Crippen LogP contribution in [-0.2, 0) is 6.42 Å². The number of nitrogens with zero attached hydrogens (tertiary/aromatic N) is 2. The van der Waals surface area contributed by atoms with Crippen LogP contribution in [0.2, 0.25) is 10.0 Å². The highest BCUT2D eigenvalue weighted by Gasteiger charge is 2.27. The molecular weight excluding hydrogens is 341 g/mol. The lowest BCUT2D eigenvalue weighted by atomic mass is 9.85. The minimum atomic E-state index is 0.575. The second-order valence-corrected chi connectivity index (χ2v) is 7.76. The maximum Gasteiger partial charge on any atom is 0.133 e. The molecule has 1 N–H and O–H groups in total. The van der Waals surface area contributed by atoms with Gasteiger partial charge in [-0.05, 0) is 50.3 Å². The van der Waals surface area contributed by atoms with E-state index in [4.69, 9.17) is 28.3 Å². The number of halogens is 2. The molecule has 4 rings (SSSR count). The molecule has 128 valence electrons. The van der Waals surface area contributed by atoms with Gasteiger partial charge in [-0.3, -0.25) is 0 Å². The van der Waals surface area contributed by atoms with Gasteiger partial charge < -0.3 is 5.32 Å². The Labute approximate surface area is 153 Å². The van der Waals surface area contributed by atoms with E-state index in [2.05, 4.69) is 5.32 Å². The fourth-order valence-electron chi connectivity index (χ4n) is 4.04. The van der Waals surface area contributed by atoms with Gasteiger partial charge in [0.1, 0.15) is 5.82 Å². The smallest absolute Gasteiger partial charge is 0.133 e. The molecule has 1 aromatic carbocycles. The van der Waals surface area contributed by atoms with Gasteiger partial charge in [-0.1, -0.05) is 42.5 Å². The molecule has 24 heavy (non-hydrogen) atoms. The zero-order valence-electron chi connectivity index (χ0n) is 13.8. The van der Waals surface area contributed by atoms with Crippen molar-refractivity contribution in [1.82, 2.24) is 9.78 Å². The van der Waals surface area contributed by atoms with E-state index in [1.54, 1.807) is 0 Å². The first-order valence-electron chi connectivity index (χ1n) is 9.05. The van der Waals surface area contributed by atoms with E-state index in [9.17, 15) is 0 Å². The van der Waals surface area contributed by atoms with Crippen LogP contribution in [0.5, 0.6) is 0 Å². The van der Waals surface area contributed by atoms with E-state index in [1.165, 1.54) is 56.2 Å². The van der Waals surface area contributed by atoms with Crippen LogP contribution < -0.4 is 5.32 Å². The Morgan fingerprint density at radius 1 is 1.00 bits per heavy atom. The number of hydrogen-bond acceptors (Lipinski definition) is 2. The molecule has 2 aromatic rings. The molecule has 1 saturated carbocycles. The number of hydrogen-bond donors (Lipinski definition) is 1. The molecular formula is C19H23Cl2N3. The molecule has 3 nitrogen and oxygen atoms in total. The van der Waals surface area contributed by atoms with E-state index < -0.39 is 0 Å². The number of aromatic nitrogens is 2. The molecule has 2 heterocycles. The summed E-state index contributed by atoms with van der Waals surface area (Å²) in [6.07, 6.45) is 10.1. The van der Waals surface area contributed by atoms with Gasteiger partial charge in [-0.25, -0.2) is 4.68 Å². The Hall–Kier alpha value is -1.19. The normalized spacial score (nSPS) is 18.8. The summed E-state index contributed by atoms with van der Waals surface area (Å²) in [6, 6.07) is 5.76. The Bertz CT molecular complexity index is 732. The Morgan fingerprint density at radius 2 is 1.83 bits per heavy atom. The van der Waals surface area contributed by atoms with Gasteiger partial charge in [0.05, 0.1) is 21.4 Å². The number of rotatable bonds is 2. The Kier molecular flexibility index (Phi) is 4.73. The summed E-state index contributed by atoms with van der Waals surface area (Å²) in [5, 5.41) is 9.82. The van der Waals surface area contributed by atoms with E-state index in [-0.39, 0.29) is 0 Å². The molecule has 0 saturated heterocycles. The molecule has 1 aliphatic heterocycles. The first-order chi connectivity index (χ1) is 11.7. The molecule has 0 radical (unpaired) electrons. The van der Waals surface area contributed by atoms with Crippen LogP contribution >= 0.6 is 23.2 Å². The highest BCUT2D eigenvalue weighted by molar-refractivity contribution is 6.42. The maximum absolute atomic E-state index is 6.24. The van der Waals surface area contributed by atoms with Crippen molar-refractivity contribution in [3.8, 4) is 5.69 Å². The van der Waals surface area contributed by atoms with Gasteiger partial charge in [0.2, 0.25) is 0 Å². The highest BCUT2D eigenvalue weighted by Crippen LogP contribution is 2.39. The fraction of sp³-hybridized carbons (Fsp3) is 0.526. The third-order valence-corrected chi connectivity index (χ3v) is 6.04. The van der Waals surface area contributed by atoms with Crippen LogP contribution in [0.4, 0.5) is 5.82 Å². The molecule has 0 unspecified atom stereocenters. The SMILES string of the molecule is Clc1ccc(-n2nc(C3CCCCC3)c3c2NCCCC3)cc1Cl. The van der Waals surface area contributed by atoms with Crippen LogP contribution in [-0.4, -0.2) is 16.3 Å². The van der Waals surface area contributed by atoms with Crippen molar-refractivity contribution >= 4 is 29.0 Å². The summed E-state index contributed by atoms with van der Waals surface area (Å²) < 4.78 is 2.05. The van der Waals surface area contributed by atoms with Gasteiger partial charge in [0, 0.05) is 18.0 Å². The average Bonchev–Trinajstić information content (AvgIpc) is 2.80. The van der Waals surface area contributed by atoms with Gasteiger partial charge in [0.25, 0.3) is 0 Å². The third kappa shape index (κ3) is 3.04. The van der Waals surface area contributed by atoms with Gasteiger partial charge in [-0.15, -0.1) is 0 Å². The number of fused-ring (bicyclic) bond motifs is 1. The topological polar surface area (TPSA) is 29.9 Å². The lowest BCUT2D eigenvalue weighted by molar-refractivity contribution is 0.432. The molecule has 1 fully saturated rings. The number of benzene rings is 1. The lowest BCUT2D eigenvalue weighted by Crippen LogP contribution is -2.08. The highest BCUT2D eigenvalue weighted by atomic mass is 35.5.